The van der Waals surface area contributed by atoms with Crippen molar-refractivity contribution in [2.75, 3.05) is 17.3 Å². The van der Waals surface area contributed by atoms with Crippen LogP contribution in [0.5, 0.6) is 0 Å². The maximum Gasteiger partial charge on any atom is 0.276 e. The number of nitrogens with zero attached hydrogens (tertiary/aromatic N) is 2. The van der Waals surface area contributed by atoms with Gasteiger partial charge < -0.3 is 5.32 Å². The average molecular weight is 520 g/mol. The second-order valence-electron chi connectivity index (χ2n) is 7.72. The zero-order chi connectivity index (χ0) is 23.2. The van der Waals surface area contributed by atoms with E-state index in [0.717, 1.165) is 21.8 Å². The van der Waals surface area contributed by atoms with Crippen molar-refractivity contribution in [2.45, 2.75) is 17.6 Å². The SMILES string of the molecule is O=C(CSc1nc2ccccc2n1C(=O)c1sc2ccccc2c1Cl)NC1CCS(=O)(=O)C1. The van der Waals surface area contributed by atoms with Gasteiger partial charge in [-0.1, -0.05) is 53.7 Å². The molecule has 0 aliphatic carbocycles. The number of para-hydroxylation sites is 2. The number of hydrogen-bond donors (Lipinski definition) is 1. The maximum atomic E-state index is 13.6. The van der Waals surface area contributed by atoms with Gasteiger partial charge in [-0.3, -0.25) is 14.2 Å². The van der Waals surface area contributed by atoms with Crippen LogP contribution in [0.15, 0.2) is 53.7 Å². The molecule has 0 bridgehead atoms. The molecule has 1 aliphatic rings. The molecule has 11 heteroatoms. The summed E-state index contributed by atoms with van der Waals surface area (Å²) < 4.78 is 25.7. The van der Waals surface area contributed by atoms with E-state index in [9.17, 15) is 18.0 Å². The van der Waals surface area contributed by atoms with Crippen molar-refractivity contribution in [1.82, 2.24) is 14.9 Å². The molecule has 1 aliphatic heterocycles. The molecule has 2 aromatic heterocycles. The number of imidazole rings is 1. The van der Waals surface area contributed by atoms with Gasteiger partial charge in [-0.25, -0.2) is 13.4 Å². The lowest BCUT2D eigenvalue weighted by atomic mass is 10.2. The predicted molar refractivity (Wildman–Crippen MR) is 132 cm³/mol. The summed E-state index contributed by atoms with van der Waals surface area (Å²) in [5.41, 5.74) is 1.26. The number of sulfone groups is 1. The van der Waals surface area contributed by atoms with Crippen molar-refractivity contribution in [3.63, 3.8) is 0 Å². The number of carbonyl (C=O) groups excluding carboxylic acids is 2. The van der Waals surface area contributed by atoms with Gasteiger partial charge in [0.25, 0.3) is 5.91 Å². The molecule has 33 heavy (non-hydrogen) atoms. The minimum absolute atomic E-state index is 0.00724. The van der Waals surface area contributed by atoms with Crippen LogP contribution >= 0.6 is 34.7 Å². The van der Waals surface area contributed by atoms with Crippen molar-refractivity contribution in [3.05, 3.63) is 58.4 Å². The van der Waals surface area contributed by atoms with Crippen LogP contribution < -0.4 is 5.32 Å². The van der Waals surface area contributed by atoms with Crippen molar-refractivity contribution >= 4 is 77.5 Å². The monoisotopic (exact) mass is 519 g/mol. The molecule has 1 N–H and O–H groups in total. The second kappa shape index (κ2) is 8.75. The Bertz CT molecular complexity index is 1510. The lowest BCUT2D eigenvalue weighted by Crippen LogP contribution is -2.36. The summed E-state index contributed by atoms with van der Waals surface area (Å²) in [4.78, 5) is 31.0. The number of halogens is 1. The zero-order valence-corrected chi connectivity index (χ0v) is 20.4. The summed E-state index contributed by atoms with van der Waals surface area (Å²) in [7, 11) is -3.08. The van der Waals surface area contributed by atoms with Crippen LogP contribution in [-0.4, -0.2) is 53.1 Å². The number of carbonyl (C=O) groups is 2. The molecule has 0 saturated carbocycles. The normalized spacial score (nSPS) is 17.5. The molecule has 2 aromatic carbocycles. The van der Waals surface area contributed by atoms with Gasteiger partial charge in [0.15, 0.2) is 15.0 Å². The first-order valence-electron chi connectivity index (χ1n) is 10.1. The third-order valence-electron chi connectivity index (χ3n) is 5.39. The van der Waals surface area contributed by atoms with E-state index in [4.69, 9.17) is 11.6 Å². The van der Waals surface area contributed by atoms with E-state index in [1.54, 1.807) is 12.1 Å². The Kier molecular flexibility index (Phi) is 5.94. The summed E-state index contributed by atoms with van der Waals surface area (Å²) in [6, 6.07) is 14.4. The number of hydrogen-bond acceptors (Lipinski definition) is 7. The molecule has 5 rings (SSSR count). The number of rotatable bonds is 5. The Hall–Kier alpha value is -2.40. The predicted octanol–water partition coefficient (Wildman–Crippen LogP) is 3.99. The first kappa shape index (κ1) is 22.4. The lowest BCUT2D eigenvalue weighted by Gasteiger charge is -2.11. The van der Waals surface area contributed by atoms with Gasteiger partial charge in [-0.05, 0) is 24.6 Å². The van der Waals surface area contributed by atoms with E-state index in [0.29, 0.717) is 32.5 Å². The average Bonchev–Trinajstić information content (AvgIpc) is 3.44. The molecule has 4 aromatic rings. The highest BCUT2D eigenvalue weighted by molar-refractivity contribution is 7.99. The fourth-order valence-electron chi connectivity index (χ4n) is 3.86. The Morgan fingerprint density at radius 2 is 1.94 bits per heavy atom. The van der Waals surface area contributed by atoms with Gasteiger partial charge in [-0.2, -0.15) is 0 Å². The standard InChI is InChI=1S/C22H18ClN3O4S3/c23-19-14-5-1-4-8-17(14)32-20(19)21(28)26-16-7-3-2-6-15(16)25-22(26)31-11-18(27)24-13-9-10-33(29,30)12-13/h1-8,13H,9-12H2,(H,24,27). The summed E-state index contributed by atoms with van der Waals surface area (Å²) in [6.07, 6.45) is 0.417. The van der Waals surface area contributed by atoms with E-state index in [1.165, 1.54) is 15.9 Å². The van der Waals surface area contributed by atoms with Crippen LogP contribution in [0.1, 0.15) is 16.1 Å². The Morgan fingerprint density at radius 1 is 1.18 bits per heavy atom. The third-order valence-corrected chi connectivity index (χ3v) is 9.76. The summed E-state index contributed by atoms with van der Waals surface area (Å²) >= 11 is 9.00. The van der Waals surface area contributed by atoms with Gasteiger partial charge in [0, 0.05) is 16.1 Å². The Balaban J connectivity index is 1.43. The fourth-order valence-corrected chi connectivity index (χ4v) is 7.79. The minimum atomic E-state index is -3.08. The number of benzene rings is 2. The summed E-state index contributed by atoms with van der Waals surface area (Å²) in [5.74, 6) is -0.545. The van der Waals surface area contributed by atoms with Crippen LogP contribution in [0, 0.1) is 0 Å². The number of amides is 1. The van der Waals surface area contributed by atoms with Crippen molar-refractivity contribution in [1.29, 1.82) is 0 Å². The summed E-state index contributed by atoms with van der Waals surface area (Å²) in [5, 5.41) is 4.36. The highest BCUT2D eigenvalue weighted by Crippen LogP contribution is 2.37. The Morgan fingerprint density at radius 3 is 2.70 bits per heavy atom. The molecule has 3 heterocycles. The van der Waals surface area contributed by atoms with Crippen LogP contribution in [0.25, 0.3) is 21.1 Å². The number of thiophene rings is 1. The largest absolute Gasteiger partial charge is 0.352 e. The Labute approximate surface area is 203 Å². The number of nitrogens with one attached hydrogen (secondary N) is 1. The van der Waals surface area contributed by atoms with E-state index >= 15 is 0 Å². The molecule has 170 valence electrons. The molecule has 1 fully saturated rings. The molecule has 0 spiro atoms. The molecule has 1 amide bonds. The van der Waals surface area contributed by atoms with Crippen LogP contribution in [0.3, 0.4) is 0 Å². The van der Waals surface area contributed by atoms with Gasteiger partial charge in [0.1, 0.15) is 4.88 Å². The quantitative estimate of drug-likeness (QED) is 0.400. The highest BCUT2D eigenvalue weighted by atomic mass is 35.5. The van der Waals surface area contributed by atoms with Gasteiger partial charge in [0.2, 0.25) is 5.91 Å². The molecular weight excluding hydrogens is 502 g/mol. The van der Waals surface area contributed by atoms with Crippen LogP contribution in [0.4, 0.5) is 0 Å². The van der Waals surface area contributed by atoms with E-state index < -0.39 is 9.84 Å². The smallest absolute Gasteiger partial charge is 0.276 e. The van der Waals surface area contributed by atoms with E-state index in [-0.39, 0.29) is 35.1 Å². The molecule has 7 nitrogen and oxygen atoms in total. The van der Waals surface area contributed by atoms with Gasteiger partial charge in [0.05, 0.1) is 33.3 Å². The molecule has 0 radical (unpaired) electrons. The lowest BCUT2D eigenvalue weighted by molar-refractivity contribution is -0.119. The van der Waals surface area contributed by atoms with E-state index in [2.05, 4.69) is 10.3 Å². The topological polar surface area (TPSA) is 98.1 Å². The molecule has 1 atom stereocenters. The number of thioether (sulfide) groups is 1. The highest BCUT2D eigenvalue weighted by Gasteiger charge is 2.29. The van der Waals surface area contributed by atoms with Crippen molar-refractivity contribution in [2.24, 2.45) is 0 Å². The van der Waals surface area contributed by atoms with Crippen molar-refractivity contribution < 1.29 is 18.0 Å². The summed E-state index contributed by atoms with van der Waals surface area (Å²) in [6.45, 7) is 0. The first-order valence-corrected chi connectivity index (χ1v) is 14.1. The molecule has 1 saturated heterocycles. The fraction of sp³-hybridized carbons (Fsp3) is 0.227. The third kappa shape index (κ3) is 4.40. The molecule has 1 unspecified atom stereocenters. The maximum absolute atomic E-state index is 13.6. The van der Waals surface area contributed by atoms with Crippen LogP contribution in [0.2, 0.25) is 5.02 Å². The first-order chi connectivity index (χ1) is 15.8. The second-order valence-corrected chi connectivity index (χ2v) is 12.3. The van der Waals surface area contributed by atoms with Gasteiger partial charge in [-0.15, -0.1) is 11.3 Å². The van der Waals surface area contributed by atoms with E-state index in [1.807, 2.05) is 36.4 Å². The van der Waals surface area contributed by atoms with Crippen molar-refractivity contribution in [3.8, 4) is 0 Å². The number of fused-ring (bicyclic) bond motifs is 2. The molecular formula is C22H18ClN3O4S3. The van der Waals surface area contributed by atoms with Gasteiger partial charge >= 0.3 is 0 Å². The zero-order valence-electron chi connectivity index (χ0n) is 17.2. The number of aromatic nitrogens is 2. The minimum Gasteiger partial charge on any atom is -0.352 e. The van der Waals surface area contributed by atoms with Crippen LogP contribution in [-0.2, 0) is 14.6 Å².